The minimum atomic E-state index is 0.0423. The summed E-state index contributed by atoms with van der Waals surface area (Å²) in [5, 5.41) is 6.23. The smallest absolute Gasteiger partial charge is 0.224 e. The lowest BCUT2D eigenvalue weighted by Crippen LogP contribution is -2.29. The Morgan fingerprint density at radius 1 is 1.23 bits per heavy atom. The number of nitrogens with one attached hydrogen (secondary N) is 1. The van der Waals surface area contributed by atoms with Gasteiger partial charge in [0.15, 0.2) is 5.13 Å². The summed E-state index contributed by atoms with van der Waals surface area (Å²) in [7, 11) is 0. The second-order valence-corrected chi connectivity index (χ2v) is 7.36. The van der Waals surface area contributed by atoms with E-state index in [1.165, 1.54) is 19.3 Å². The standard InChI is InChI=1S/C20H27N3O2S/c1-2-25-18-8-6-16(7-9-18)14-19(24)21-11-10-17-15-26-20(22-17)23-12-4-3-5-13-23/h6-9,15H,2-5,10-14H2,1H3,(H,21,24). The molecular weight excluding hydrogens is 346 g/mol. The van der Waals surface area contributed by atoms with E-state index in [0.29, 0.717) is 19.6 Å². The molecule has 0 saturated carbocycles. The Hall–Kier alpha value is -2.08. The Balaban J connectivity index is 1.40. The molecule has 6 heteroatoms. The van der Waals surface area contributed by atoms with Gasteiger partial charge in [-0.2, -0.15) is 0 Å². The Kier molecular flexibility index (Phi) is 6.89. The highest BCUT2D eigenvalue weighted by atomic mass is 32.1. The van der Waals surface area contributed by atoms with Crippen LogP contribution in [0.25, 0.3) is 0 Å². The van der Waals surface area contributed by atoms with Crippen LogP contribution < -0.4 is 15.0 Å². The number of hydrogen-bond acceptors (Lipinski definition) is 5. The zero-order chi connectivity index (χ0) is 18.2. The average Bonchev–Trinajstić information content (AvgIpc) is 3.13. The van der Waals surface area contributed by atoms with Gasteiger partial charge in [-0.1, -0.05) is 12.1 Å². The molecule has 0 unspecified atom stereocenters. The topological polar surface area (TPSA) is 54.5 Å². The van der Waals surface area contributed by atoms with Gasteiger partial charge in [-0.05, 0) is 43.9 Å². The molecule has 140 valence electrons. The first-order valence-corrected chi connectivity index (χ1v) is 10.3. The number of anilines is 1. The zero-order valence-electron chi connectivity index (χ0n) is 15.4. The number of rotatable bonds is 8. The van der Waals surface area contributed by atoms with Crippen molar-refractivity contribution in [2.24, 2.45) is 0 Å². The molecule has 1 N–H and O–H groups in total. The molecule has 1 saturated heterocycles. The van der Waals surface area contributed by atoms with Crippen LogP contribution in [0.2, 0.25) is 0 Å². The Morgan fingerprint density at radius 2 is 2.00 bits per heavy atom. The van der Waals surface area contributed by atoms with E-state index in [9.17, 15) is 4.79 Å². The van der Waals surface area contributed by atoms with E-state index in [-0.39, 0.29) is 5.91 Å². The van der Waals surface area contributed by atoms with Crippen molar-refractivity contribution >= 4 is 22.4 Å². The summed E-state index contributed by atoms with van der Waals surface area (Å²) < 4.78 is 5.42. The highest BCUT2D eigenvalue weighted by Gasteiger charge is 2.14. The number of carbonyl (C=O) groups is 1. The van der Waals surface area contributed by atoms with Gasteiger partial charge in [0, 0.05) is 31.4 Å². The molecule has 1 aromatic heterocycles. The minimum Gasteiger partial charge on any atom is -0.494 e. The van der Waals surface area contributed by atoms with E-state index in [0.717, 1.165) is 41.6 Å². The summed E-state index contributed by atoms with van der Waals surface area (Å²) in [5.74, 6) is 0.880. The maximum Gasteiger partial charge on any atom is 0.224 e. The third-order valence-electron chi connectivity index (χ3n) is 4.47. The predicted octanol–water partition coefficient (Wildman–Crippen LogP) is 3.43. The van der Waals surface area contributed by atoms with Crippen LogP contribution in [0, 0.1) is 0 Å². The quantitative estimate of drug-likeness (QED) is 0.770. The summed E-state index contributed by atoms with van der Waals surface area (Å²) in [4.78, 5) is 19.2. The van der Waals surface area contributed by atoms with Crippen LogP contribution >= 0.6 is 11.3 Å². The normalized spacial score (nSPS) is 14.3. The lowest BCUT2D eigenvalue weighted by atomic mass is 10.1. The van der Waals surface area contributed by atoms with Gasteiger partial charge in [0.1, 0.15) is 5.75 Å². The molecule has 26 heavy (non-hydrogen) atoms. The zero-order valence-corrected chi connectivity index (χ0v) is 16.2. The molecule has 0 radical (unpaired) electrons. The van der Waals surface area contributed by atoms with Crippen molar-refractivity contribution < 1.29 is 9.53 Å². The number of ether oxygens (including phenoxy) is 1. The van der Waals surface area contributed by atoms with E-state index < -0.39 is 0 Å². The molecule has 1 aliphatic heterocycles. The molecule has 0 spiro atoms. The molecule has 0 aliphatic carbocycles. The van der Waals surface area contributed by atoms with Crippen molar-refractivity contribution in [2.75, 3.05) is 31.1 Å². The summed E-state index contributed by atoms with van der Waals surface area (Å²) in [5.41, 5.74) is 2.06. The van der Waals surface area contributed by atoms with Crippen LogP contribution in [-0.4, -0.2) is 37.1 Å². The molecule has 1 aliphatic rings. The molecule has 3 rings (SSSR count). The van der Waals surface area contributed by atoms with Crippen LogP contribution in [0.4, 0.5) is 5.13 Å². The number of carbonyl (C=O) groups excluding carboxylic acids is 1. The summed E-state index contributed by atoms with van der Waals surface area (Å²) >= 11 is 1.71. The number of thiazole rings is 1. The number of piperidine rings is 1. The fraction of sp³-hybridized carbons (Fsp3) is 0.500. The minimum absolute atomic E-state index is 0.0423. The highest BCUT2D eigenvalue weighted by molar-refractivity contribution is 7.13. The van der Waals surface area contributed by atoms with Gasteiger partial charge in [-0.15, -0.1) is 11.3 Å². The fourth-order valence-electron chi connectivity index (χ4n) is 3.09. The lowest BCUT2D eigenvalue weighted by Gasteiger charge is -2.25. The first kappa shape index (κ1) is 18.7. The van der Waals surface area contributed by atoms with Crippen molar-refractivity contribution in [1.82, 2.24) is 10.3 Å². The SMILES string of the molecule is CCOc1ccc(CC(=O)NCCc2csc(N3CCCCC3)n2)cc1. The number of aromatic nitrogens is 1. The molecule has 1 fully saturated rings. The van der Waals surface area contributed by atoms with E-state index >= 15 is 0 Å². The van der Waals surface area contributed by atoms with Gasteiger partial charge < -0.3 is 15.0 Å². The Bertz CT molecular complexity index is 693. The largest absolute Gasteiger partial charge is 0.494 e. The molecule has 1 amide bonds. The van der Waals surface area contributed by atoms with E-state index in [2.05, 4.69) is 15.6 Å². The van der Waals surface area contributed by atoms with Crippen LogP contribution in [0.1, 0.15) is 37.4 Å². The number of nitrogens with zero attached hydrogens (tertiary/aromatic N) is 2. The second kappa shape index (κ2) is 9.57. The molecule has 0 bridgehead atoms. The molecule has 2 heterocycles. The van der Waals surface area contributed by atoms with E-state index in [4.69, 9.17) is 9.72 Å². The third-order valence-corrected chi connectivity index (χ3v) is 5.42. The van der Waals surface area contributed by atoms with Gasteiger partial charge in [0.2, 0.25) is 5.91 Å². The van der Waals surface area contributed by atoms with Crippen molar-refractivity contribution in [3.05, 3.63) is 40.9 Å². The maximum absolute atomic E-state index is 12.1. The van der Waals surface area contributed by atoms with Crippen LogP contribution in [0.5, 0.6) is 5.75 Å². The van der Waals surface area contributed by atoms with Gasteiger partial charge >= 0.3 is 0 Å². The summed E-state index contributed by atoms with van der Waals surface area (Å²) in [6.07, 6.45) is 5.02. The first-order chi connectivity index (χ1) is 12.7. The average molecular weight is 374 g/mol. The van der Waals surface area contributed by atoms with Crippen LogP contribution in [0.3, 0.4) is 0 Å². The van der Waals surface area contributed by atoms with Crippen LogP contribution in [-0.2, 0) is 17.6 Å². The van der Waals surface area contributed by atoms with E-state index in [1.807, 2.05) is 31.2 Å². The van der Waals surface area contributed by atoms with Gasteiger partial charge in [-0.3, -0.25) is 4.79 Å². The van der Waals surface area contributed by atoms with Crippen LogP contribution in [0.15, 0.2) is 29.6 Å². The molecule has 1 aromatic carbocycles. The second-order valence-electron chi connectivity index (χ2n) is 6.52. The lowest BCUT2D eigenvalue weighted by molar-refractivity contribution is -0.120. The van der Waals surface area contributed by atoms with Crippen molar-refractivity contribution in [2.45, 2.75) is 39.0 Å². The van der Waals surface area contributed by atoms with Crippen molar-refractivity contribution in [1.29, 1.82) is 0 Å². The number of amides is 1. The van der Waals surface area contributed by atoms with E-state index in [1.54, 1.807) is 11.3 Å². The maximum atomic E-state index is 12.1. The third kappa shape index (κ3) is 5.46. The van der Waals surface area contributed by atoms with Gasteiger partial charge in [0.05, 0.1) is 18.7 Å². The Labute approximate surface area is 159 Å². The number of hydrogen-bond donors (Lipinski definition) is 1. The Morgan fingerprint density at radius 3 is 2.73 bits per heavy atom. The predicted molar refractivity (Wildman–Crippen MR) is 106 cm³/mol. The summed E-state index contributed by atoms with van der Waals surface area (Å²) in [6, 6.07) is 7.69. The fourth-order valence-corrected chi connectivity index (χ4v) is 4.00. The van der Waals surface area contributed by atoms with Crippen molar-refractivity contribution in [3.8, 4) is 5.75 Å². The molecule has 2 aromatic rings. The summed E-state index contributed by atoms with van der Waals surface area (Å²) in [6.45, 7) is 5.46. The first-order valence-electron chi connectivity index (χ1n) is 9.42. The van der Waals surface area contributed by atoms with Gasteiger partial charge in [-0.25, -0.2) is 4.98 Å². The highest BCUT2D eigenvalue weighted by Crippen LogP contribution is 2.24. The molecule has 0 atom stereocenters. The molecule has 5 nitrogen and oxygen atoms in total. The monoisotopic (exact) mass is 373 g/mol. The van der Waals surface area contributed by atoms with Gasteiger partial charge in [0.25, 0.3) is 0 Å². The number of benzene rings is 1. The van der Waals surface area contributed by atoms with Crippen molar-refractivity contribution in [3.63, 3.8) is 0 Å². The molecular formula is C20H27N3O2S.